The molecular formula is C20H22ClNOS. The van der Waals surface area contributed by atoms with Gasteiger partial charge in [0.05, 0.1) is 12.8 Å². The van der Waals surface area contributed by atoms with E-state index < -0.39 is 0 Å². The number of allylic oxidation sites excluding steroid dienone is 1. The first kappa shape index (κ1) is 17.4. The van der Waals surface area contributed by atoms with Gasteiger partial charge in [0, 0.05) is 10.5 Å². The second kappa shape index (κ2) is 8.09. The van der Waals surface area contributed by atoms with E-state index in [2.05, 4.69) is 41.6 Å². The molecule has 24 heavy (non-hydrogen) atoms. The van der Waals surface area contributed by atoms with Crippen LogP contribution in [-0.4, -0.2) is 18.3 Å². The van der Waals surface area contributed by atoms with Crippen molar-refractivity contribution in [2.24, 2.45) is 5.92 Å². The number of rotatable bonds is 5. The monoisotopic (exact) mass is 359 g/mol. The molecule has 1 aliphatic rings. The highest BCUT2D eigenvalue weighted by Crippen LogP contribution is 2.33. The molecular weight excluding hydrogens is 338 g/mol. The molecule has 3 rings (SSSR count). The first-order chi connectivity index (χ1) is 11.7. The van der Waals surface area contributed by atoms with E-state index in [0.29, 0.717) is 16.8 Å². The number of methoxy groups -OCH3 is 1. The standard InChI is InChI=1S/C20H22ClNOS/c1-23-20-18(21)11-12-19(22-20)17(13-14-5-3-4-6-14)15-7-9-16(24-2)10-8-15/h7-14H,3-6H2,1-2H3/b17-13+. The Morgan fingerprint density at radius 2 is 1.88 bits per heavy atom. The third-order valence-corrected chi connectivity index (χ3v) is 5.52. The van der Waals surface area contributed by atoms with Gasteiger partial charge in [0.1, 0.15) is 5.02 Å². The van der Waals surface area contributed by atoms with Crippen molar-refractivity contribution in [3.05, 3.63) is 58.8 Å². The van der Waals surface area contributed by atoms with Crippen LogP contribution in [0.3, 0.4) is 0 Å². The van der Waals surface area contributed by atoms with Crippen molar-refractivity contribution < 1.29 is 4.74 Å². The number of benzene rings is 1. The highest BCUT2D eigenvalue weighted by Gasteiger charge is 2.17. The molecule has 1 heterocycles. The first-order valence-electron chi connectivity index (χ1n) is 8.28. The lowest BCUT2D eigenvalue weighted by Crippen LogP contribution is -1.98. The minimum Gasteiger partial charge on any atom is -0.480 e. The maximum absolute atomic E-state index is 6.15. The number of thioether (sulfide) groups is 1. The summed E-state index contributed by atoms with van der Waals surface area (Å²) in [4.78, 5) is 5.89. The summed E-state index contributed by atoms with van der Waals surface area (Å²) in [7, 11) is 1.60. The molecule has 0 atom stereocenters. The molecule has 4 heteroatoms. The van der Waals surface area contributed by atoms with Crippen LogP contribution in [0.4, 0.5) is 0 Å². The smallest absolute Gasteiger partial charge is 0.232 e. The Morgan fingerprint density at radius 3 is 2.50 bits per heavy atom. The first-order valence-corrected chi connectivity index (χ1v) is 9.88. The van der Waals surface area contributed by atoms with E-state index in [1.165, 1.54) is 41.7 Å². The van der Waals surface area contributed by atoms with Crippen molar-refractivity contribution in [1.29, 1.82) is 0 Å². The van der Waals surface area contributed by atoms with Gasteiger partial charge in [-0.25, -0.2) is 4.98 Å². The summed E-state index contributed by atoms with van der Waals surface area (Å²) in [6, 6.07) is 12.5. The predicted octanol–water partition coefficient (Wildman–Crippen LogP) is 6.09. The lowest BCUT2D eigenvalue weighted by molar-refractivity contribution is 0.398. The fourth-order valence-corrected chi connectivity index (χ4v) is 3.77. The Kier molecular flexibility index (Phi) is 5.85. The zero-order valence-corrected chi connectivity index (χ0v) is 15.7. The van der Waals surface area contributed by atoms with Crippen LogP contribution >= 0.6 is 23.4 Å². The Balaban J connectivity index is 2.03. The minimum absolute atomic E-state index is 0.479. The maximum Gasteiger partial charge on any atom is 0.232 e. The van der Waals surface area contributed by atoms with E-state index in [1.807, 2.05) is 12.1 Å². The highest BCUT2D eigenvalue weighted by atomic mass is 35.5. The summed E-state index contributed by atoms with van der Waals surface area (Å²) >= 11 is 7.90. The predicted molar refractivity (Wildman–Crippen MR) is 103 cm³/mol. The summed E-state index contributed by atoms with van der Waals surface area (Å²) in [5, 5.41) is 0.541. The highest BCUT2D eigenvalue weighted by molar-refractivity contribution is 7.98. The van der Waals surface area contributed by atoms with E-state index in [-0.39, 0.29) is 0 Å². The largest absolute Gasteiger partial charge is 0.480 e. The van der Waals surface area contributed by atoms with Gasteiger partial charge in [-0.2, -0.15) is 0 Å². The van der Waals surface area contributed by atoms with Crippen molar-refractivity contribution >= 4 is 28.9 Å². The Labute approximate surface area is 153 Å². The van der Waals surface area contributed by atoms with Crippen LogP contribution in [0.15, 0.2) is 47.4 Å². The van der Waals surface area contributed by atoms with Crippen molar-refractivity contribution in [3.63, 3.8) is 0 Å². The number of halogens is 1. The maximum atomic E-state index is 6.15. The molecule has 0 amide bonds. The lowest BCUT2D eigenvalue weighted by Gasteiger charge is -2.13. The molecule has 0 saturated heterocycles. The van der Waals surface area contributed by atoms with Gasteiger partial charge in [0.15, 0.2) is 0 Å². The van der Waals surface area contributed by atoms with E-state index in [0.717, 1.165) is 5.69 Å². The molecule has 2 aromatic rings. The topological polar surface area (TPSA) is 22.1 Å². The van der Waals surface area contributed by atoms with Gasteiger partial charge >= 0.3 is 0 Å². The van der Waals surface area contributed by atoms with Crippen LogP contribution in [0.5, 0.6) is 5.88 Å². The number of nitrogens with zero attached hydrogens (tertiary/aromatic N) is 1. The van der Waals surface area contributed by atoms with Gasteiger partial charge in [-0.05, 0) is 54.8 Å². The van der Waals surface area contributed by atoms with Gasteiger partial charge in [-0.15, -0.1) is 11.8 Å². The second-order valence-electron chi connectivity index (χ2n) is 6.04. The number of aromatic nitrogens is 1. The van der Waals surface area contributed by atoms with Crippen molar-refractivity contribution in [1.82, 2.24) is 4.98 Å². The molecule has 0 spiro atoms. The average molecular weight is 360 g/mol. The van der Waals surface area contributed by atoms with Gasteiger partial charge in [0.25, 0.3) is 0 Å². The molecule has 1 saturated carbocycles. The Morgan fingerprint density at radius 1 is 1.17 bits per heavy atom. The quantitative estimate of drug-likeness (QED) is 0.603. The van der Waals surface area contributed by atoms with Crippen LogP contribution in [0.2, 0.25) is 5.02 Å². The number of hydrogen-bond acceptors (Lipinski definition) is 3. The Bertz CT molecular complexity index is 721. The molecule has 126 valence electrons. The van der Waals surface area contributed by atoms with Crippen LogP contribution in [-0.2, 0) is 0 Å². The molecule has 1 aromatic heterocycles. The summed E-state index contributed by atoms with van der Waals surface area (Å²) in [6.45, 7) is 0. The molecule has 0 unspecified atom stereocenters. The van der Waals surface area contributed by atoms with Gasteiger partial charge in [-0.1, -0.05) is 42.7 Å². The minimum atomic E-state index is 0.479. The van der Waals surface area contributed by atoms with Gasteiger partial charge in [0.2, 0.25) is 5.88 Å². The molecule has 0 radical (unpaired) electrons. The molecule has 0 bridgehead atoms. The van der Waals surface area contributed by atoms with Crippen molar-refractivity contribution in [2.75, 3.05) is 13.4 Å². The number of ether oxygens (including phenoxy) is 1. The van der Waals surface area contributed by atoms with E-state index in [1.54, 1.807) is 18.9 Å². The molecule has 1 fully saturated rings. The van der Waals surface area contributed by atoms with Crippen LogP contribution in [0, 0.1) is 5.92 Å². The van der Waals surface area contributed by atoms with Gasteiger partial charge in [-0.3, -0.25) is 0 Å². The molecule has 0 aliphatic heterocycles. The third-order valence-electron chi connectivity index (χ3n) is 4.49. The molecule has 0 N–H and O–H groups in total. The van der Waals surface area contributed by atoms with Crippen molar-refractivity contribution in [2.45, 2.75) is 30.6 Å². The summed E-state index contributed by atoms with van der Waals surface area (Å²) < 4.78 is 5.30. The van der Waals surface area contributed by atoms with Crippen LogP contribution < -0.4 is 4.74 Å². The molecule has 1 aliphatic carbocycles. The molecule has 2 nitrogen and oxygen atoms in total. The SMILES string of the molecule is COc1nc(/C(=C/C2CCCC2)c2ccc(SC)cc2)ccc1Cl. The third kappa shape index (κ3) is 3.96. The lowest BCUT2D eigenvalue weighted by atomic mass is 9.96. The van der Waals surface area contributed by atoms with Crippen LogP contribution in [0.25, 0.3) is 5.57 Å². The van der Waals surface area contributed by atoms with Gasteiger partial charge < -0.3 is 4.74 Å². The zero-order chi connectivity index (χ0) is 16.9. The summed E-state index contributed by atoms with van der Waals surface area (Å²) in [5.74, 6) is 1.11. The zero-order valence-electron chi connectivity index (χ0n) is 14.1. The van der Waals surface area contributed by atoms with E-state index in [4.69, 9.17) is 16.3 Å². The summed E-state index contributed by atoms with van der Waals surface area (Å²) in [6.07, 6.45) is 9.63. The fourth-order valence-electron chi connectivity index (χ4n) is 3.18. The second-order valence-corrected chi connectivity index (χ2v) is 7.33. The van der Waals surface area contributed by atoms with E-state index in [9.17, 15) is 0 Å². The summed E-state index contributed by atoms with van der Waals surface area (Å²) in [5.41, 5.74) is 3.28. The Hall–Kier alpha value is -1.45. The van der Waals surface area contributed by atoms with Crippen molar-refractivity contribution in [3.8, 4) is 5.88 Å². The van der Waals surface area contributed by atoms with E-state index >= 15 is 0 Å². The number of pyridine rings is 1. The normalized spacial score (nSPS) is 15.7. The number of hydrogen-bond donors (Lipinski definition) is 0. The fraction of sp³-hybridized carbons (Fsp3) is 0.350. The molecule has 1 aromatic carbocycles. The van der Waals surface area contributed by atoms with Crippen LogP contribution in [0.1, 0.15) is 36.9 Å². The average Bonchev–Trinajstić information content (AvgIpc) is 3.14.